The number of hydrogen-bond donors (Lipinski definition) is 3. The van der Waals surface area contributed by atoms with E-state index in [2.05, 4.69) is 39.3 Å². The zero-order chi connectivity index (χ0) is 23.6. The Morgan fingerprint density at radius 3 is 2.85 bits per heavy atom. The van der Waals surface area contributed by atoms with Gasteiger partial charge in [-0.25, -0.2) is 4.98 Å². The molecule has 1 amide bonds. The fraction of sp³-hybridized carbons (Fsp3) is 0.480. The van der Waals surface area contributed by atoms with E-state index in [1.54, 1.807) is 18.1 Å². The molecule has 0 bridgehead atoms. The average molecular weight is 468 g/mol. The van der Waals surface area contributed by atoms with Crippen molar-refractivity contribution in [1.29, 1.82) is 0 Å². The zero-order valence-electron chi connectivity index (χ0n) is 19.8. The molecule has 1 aliphatic heterocycles. The number of nitrogens with one attached hydrogen (secondary N) is 3. The standard InChI is InChI=1S/C25H33N5O2S/c1-16-20(28-15-27-16)14-33-10-9-26-23(32)13-30-17(2)24-19(11-25(3,4)12-22(24)31)29-18-7-5-6-8-21(18)30/h5-8,15,17,29H,9-14H2,1-4H3,(H,26,32)(H,27,28). The van der Waals surface area contributed by atoms with E-state index < -0.39 is 0 Å². The van der Waals surface area contributed by atoms with Gasteiger partial charge < -0.3 is 20.5 Å². The first-order chi connectivity index (χ1) is 15.7. The van der Waals surface area contributed by atoms with E-state index in [9.17, 15) is 9.59 Å². The molecule has 3 N–H and O–H groups in total. The van der Waals surface area contributed by atoms with Gasteiger partial charge in [0.1, 0.15) is 0 Å². The van der Waals surface area contributed by atoms with E-state index in [4.69, 9.17) is 0 Å². The van der Waals surface area contributed by atoms with Crippen molar-refractivity contribution in [3.8, 4) is 0 Å². The van der Waals surface area contributed by atoms with Gasteiger partial charge in [0.05, 0.1) is 36.0 Å². The molecule has 1 aromatic carbocycles. The summed E-state index contributed by atoms with van der Waals surface area (Å²) in [6, 6.07) is 7.81. The highest BCUT2D eigenvalue weighted by atomic mass is 32.2. The maximum atomic E-state index is 13.1. The minimum atomic E-state index is -0.178. The van der Waals surface area contributed by atoms with Gasteiger partial charge in [0, 0.05) is 41.4 Å². The highest BCUT2D eigenvalue weighted by Gasteiger charge is 2.39. The Balaban J connectivity index is 1.43. The van der Waals surface area contributed by atoms with Crippen LogP contribution in [-0.2, 0) is 15.3 Å². The van der Waals surface area contributed by atoms with E-state index in [1.807, 2.05) is 38.1 Å². The number of nitrogens with zero attached hydrogens (tertiary/aromatic N) is 2. The van der Waals surface area contributed by atoms with E-state index in [-0.39, 0.29) is 29.7 Å². The summed E-state index contributed by atoms with van der Waals surface area (Å²) < 4.78 is 0. The van der Waals surface area contributed by atoms with Crippen LogP contribution in [0.25, 0.3) is 0 Å². The van der Waals surface area contributed by atoms with Crippen LogP contribution in [-0.4, -0.2) is 46.5 Å². The molecule has 33 heavy (non-hydrogen) atoms. The van der Waals surface area contributed by atoms with Crippen molar-refractivity contribution in [2.75, 3.05) is 29.1 Å². The van der Waals surface area contributed by atoms with Crippen molar-refractivity contribution in [3.05, 3.63) is 53.3 Å². The van der Waals surface area contributed by atoms with Gasteiger partial charge in [-0.2, -0.15) is 11.8 Å². The molecule has 0 radical (unpaired) electrons. The highest BCUT2D eigenvalue weighted by Crippen LogP contribution is 2.43. The van der Waals surface area contributed by atoms with Gasteiger partial charge in [0.25, 0.3) is 0 Å². The van der Waals surface area contributed by atoms with Crippen LogP contribution in [0, 0.1) is 12.3 Å². The summed E-state index contributed by atoms with van der Waals surface area (Å²) in [6.07, 6.45) is 3.06. The van der Waals surface area contributed by atoms with Gasteiger partial charge in [0.2, 0.25) is 5.91 Å². The minimum absolute atomic E-state index is 0.0409. The number of anilines is 2. The number of fused-ring (bicyclic) bond motifs is 1. The molecule has 2 aliphatic rings. The Morgan fingerprint density at radius 2 is 2.09 bits per heavy atom. The lowest BCUT2D eigenvalue weighted by Crippen LogP contribution is -2.45. The number of allylic oxidation sites excluding steroid dienone is 1. The van der Waals surface area contributed by atoms with E-state index in [0.29, 0.717) is 13.0 Å². The summed E-state index contributed by atoms with van der Waals surface area (Å²) in [6.45, 7) is 9.11. The van der Waals surface area contributed by atoms with Crippen LogP contribution < -0.4 is 15.5 Å². The third kappa shape index (κ3) is 5.27. The van der Waals surface area contributed by atoms with Crippen LogP contribution in [0.4, 0.5) is 11.4 Å². The summed E-state index contributed by atoms with van der Waals surface area (Å²) in [5.74, 6) is 1.77. The number of H-pyrrole nitrogens is 1. The van der Waals surface area contributed by atoms with Crippen molar-refractivity contribution in [1.82, 2.24) is 15.3 Å². The summed E-state index contributed by atoms with van der Waals surface area (Å²) in [7, 11) is 0. The molecule has 2 heterocycles. The first-order valence-corrected chi connectivity index (χ1v) is 12.6. The number of benzene rings is 1. The predicted molar refractivity (Wildman–Crippen MR) is 134 cm³/mol. The second-order valence-electron chi connectivity index (χ2n) is 9.66. The van der Waals surface area contributed by atoms with Crippen LogP contribution in [0.15, 0.2) is 41.9 Å². The molecule has 0 fully saturated rings. The minimum Gasteiger partial charge on any atom is -0.357 e. The molecule has 1 aromatic heterocycles. The number of hydrogen-bond acceptors (Lipinski definition) is 6. The molecule has 176 valence electrons. The van der Waals surface area contributed by atoms with Crippen LogP contribution in [0.5, 0.6) is 0 Å². The van der Waals surface area contributed by atoms with Crippen LogP contribution in [0.1, 0.15) is 45.0 Å². The van der Waals surface area contributed by atoms with Crippen molar-refractivity contribution < 1.29 is 9.59 Å². The number of ketones is 1. The monoisotopic (exact) mass is 467 g/mol. The Kier molecular flexibility index (Phi) is 6.83. The number of carbonyl (C=O) groups is 2. The zero-order valence-corrected chi connectivity index (χ0v) is 20.6. The Hall–Kier alpha value is -2.74. The van der Waals surface area contributed by atoms with Crippen molar-refractivity contribution in [3.63, 3.8) is 0 Å². The summed E-state index contributed by atoms with van der Waals surface area (Å²) >= 11 is 1.75. The predicted octanol–water partition coefficient (Wildman–Crippen LogP) is 4.03. The van der Waals surface area contributed by atoms with Gasteiger partial charge in [0.15, 0.2) is 5.78 Å². The maximum absolute atomic E-state index is 13.1. The van der Waals surface area contributed by atoms with E-state index in [0.717, 1.165) is 52.0 Å². The number of aromatic nitrogens is 2. The molecule has 1 unspecified atom stereocenters. The van der Waals surface area contributed by atoms with Gasteiger partial charge in [-0.15, -0.1) is 0 Å². The first-order valence-electron chi connectivity index (χ1n) is 11.5. The largest absolute Gasteiger partial charge is 0.357 e. The number of Topliss-reactive ketones (excluding diaryl/α,β-unsaturated/α-hetero) is 1. The molecule has 1 atom stereocenters. The lowest BCUT2D eigenvalue weighted by atomic mass is 9.74. The summed E-state index contributed by atoms with van der Waals surface area (Å²) in [4.78, 5) is 35.4. The van der Waals surface area contributed by atoms with Crippen molar-refractivity contribution >= 4 is 34.8 Å². The molecule has 0 saturated heterocycles. The van der Waals surface area contributed by atoms with Gasteiger partial charge in [-0.05, 0) is 37.8 Å². The van der Waals surface area contributed by atoms with E-state index >= 15 is 0 Å². The first kappa shape index (κ1) is 23.4. The Labute approximate surface area is 199 Å². The third-order valence-corrected chi connectivity index (χ3v) is 7.33. The number of aryl methyl sites for hydroxylation is 1. The summed E-state index contributed by atoms with van der Waals surface area (Å²) in [5.41, 5.74) is 5.76. The van der Waals surface area contributed by atoms with Crippen molar-refractivity contribution in [2.24, 2.45) is 5.41 Å². The molecular formula is C25H33N5O2S. The Bertz CT molecular complexity index is 1070. The normalized spacial score (nSPS) is 19.5. The molecule has 2 aromatic rings. The van der Waals surface area contributed by atoms with Gasteiger partial charge in [-0.3, -0.25) is 9.59 Å². The molecule has 4 rings (SSSR count). The third-order valence-electron chi connectivity index (χ3n) is 6.36. The molecule has 8 heteroatoms. The average Bonchev–Trinajstić information content (AvgIpc) is 3.11. The van der Waals surface area contributed by atoms with Crippen LogP contribution >= 0.6 is 11.8 Å². The quantitative estimate of drug-likeness (QED) is 0.533. The molecular weight excluding hydrogens is 434 g/mol. The Morgan fingerprint density at radius 1 is 1.30 bits per heavy atom. The second kappa shape index (κ2) is 9.63. The molecule has 7 nitrogen and oxygen atoms in total. The SMILES string of the molecule is Cc1[nH]cnc1CSCCNC(=O)CN1c2ccccc2NC2=C(C(=O)CC(C)(C)C2)C1C. The maximum Gasteiger partial charge on any atom is 0.239 e. The lowest BCUT2D eigenvalue weighted by molar-refractivity contribution is -0.120. The number of rotatable bonds is 7. The molecule has 0 spiro atoms. The smallest absolute Gasteiger partial charge is 0.239 e. The van der Waals surface area contributed by atoms with Gasteiger partial charge >= 0.3 is 0 Å². The van der Waals surface area contributed by atoms with Crippen LogP contribution in [0.2, 0.25) is 0 Å². The molecule has 0 saturated carbocycles. The fourth-order valence-corrected chi connectivity index (χ4v) is 5.56. The number of imidazole rings is 1. The number of amides is 1. The van der Waals surface area contributed by atoms with Crippen molar-refractivity contribution in [2.45, 2.75) is 52.3 Å². The topological polar surface area (TPSA) is 90.1 Å². The number of aromatic amines is 1. The number of thioether (sulfide) groups is 1. The number of para-hydroxylation sites is 2. The number of carbonyl (C=O) groups excluding carboxylic acids is 2. The second-order valence-corrected chi connectivity index (χ2v) is 10.8. The summed E-state index contributed by atoms with van der Waals surface area (Å²) in [5, 5.41) is 6.57. The van der Waals surface area contributed by atoms with E-state index in [1.165, 1.54) is 0 Å². The van der Waals surface area contributed by atoms with Crippen LogP contribution in [0.3, 0.4) is 0 Å². The fourth-order valence-electron chi connectivity index (χ4n) is 4.68. The lowest BCUT2D eigenvalue weighted by Gasteiger charge is -2.36. The highest BCUT2D eigenvalue weighted by molar-refractivity contribution is 7.98. The molecule has 1 aliphatic carbocycles. The van der Waals surface area contributed by atoms with Gasteiger partial charge in [-0.1, -0.05) is 26.0 Å².